The Morgan fingerprint density at radius 2 is 1.80 bits per heavy atom. The third-order valence-electron chi connectivity index (χ3n) is 8.83. The fourth-order valence-electron chi connectivity index (χ4n) is 6.28. The number of nitrogens with one attached hydrogen (secondary N) is 2. The Labute approximate surface area is 265 Å². The van der Waals surface area contributed by atoms with E-state index in [0.29, 0.717) is 22.3 Å². The lowest BCUT2D eigenvalue weighted by atomic mass is 9.79. The van der Waals surface area contributed by atoms with Gasteiger partial charge in [0.1, 0.15) is 12.3 Å². The lowest BCUT2D eigenvalue weighted by Crippen LogP contribution is -2.54. The first-order valence-corrected chi connectivity index (χ1v) is 18.3. The van der Waals surface area contributed by atoms with Gasteiger partial charge in [-0.25, -0.2) is 8.42 Å². The monoisotopic (exact) mass is 664 g/mol. The lowest BCUT2D eigenvalue weighted by molar-refractivity contribution is -0.140. The van der Waals surface area contributed by atoms with Gasteiger partial charge in [0.15, 0.2) is 9.84 Å². The van der Waals surface area contributed by atoms with Gasteiger partial charge in [0.25, 0.3) is 0 Å². The summed E-state index contributed by atoms with van der Waals surface area (Å²) in [6.45, 7) is 2.93. The maximum absolute atomic E-state index is 13.7. The molecule has 2 aromatic carbocycles. The van der Waals surface area contributed by atoms with Crippen molar-refractivity contribution in [2.45, 2.75) is 61.8 Å². The van der Waals surface area contributed by atoms with Crippen molar-refractivity contribution in [1.29, 1.82) is 0 Å². The lowest BCUT2D eigenvalue weighted by Gasteiger charge is -2.47. The molecule has 1 aromatic heterocycles. The Balaban J connectivity index is 1.33. The van der Waals surface area contributed by atoms with Crippen molar-refractivity contribution in [3.05, 3.63) is 48.2 Å². The minimum atomic E-state index is -4.44. The summed E-state index contributed by atoms with van der Waals surface area (Å²) in [7, 11) is -2.71. The summed E-state index contributed by atoms with van der Waals surface area (Å²) in [6, 6.07) is 11.7. The van der Waals surface area contributed by atoms with Crippen LogP contribution in [0.25, 0.3) is 10.9 Å². The molecule has 1 aliphatic heterocycles. The highest BCUT2D eigenvalue weighted by Crippen LogP contribution is 2.37. The molecule has 0 radical (unpaired) electrons. The maximum Gasteiger partial charge on any atom is 0.406 e. The van der Waals surface area contributed by atoms with E-state index in [1.165, 1.54) is 23.8 Å². The van der Waals surface area contributed by atoms with E-state index in [-0.39, 0.29) is 28.7 Å². The fraction of sp³-hybridized carbons (Fsp3) is 0.500. The van der Waals surface area contributed by atoms with Crippen LogP contribution in [0.5, 0.6) is 5.75 Å². The van der Waals surface area contributed by atoms with E-state index in [1.54, 1.807) is 24.3 Å². The Morgan fingerprint density at radius 1 is 1.09 bits per heavy atom. The van der Waals surface area contributed by atoms with Gasteiger partial charge >= 0.3 is 6.18 Å². The average molecular weight is 665 g/mol. The number of benzene rings is 2. The molecule has 244 valence electrons. The topological polar surface area (TPSA) is 92.7 Å². The Hall–Kier alpha value is -3.21. The van der Waals surface area contributed by atoms with Crippen molar-refractivity contribution in [2.75, 3.05) is 55.1 Å². The molecule has 0 bridgehead atoms. The second-order valence-corrected chi connectivity index (χ2v) is 15.7. The molecule has 13 heteroatoms. The number of anilines is 2. The van der Waals surface area contributed by atoms with E-state index in [4.69, 9.17) is 4.74 Å². The second-order valence-electron chi connectivity index (χ2n) is 12.0. The van der Waals surface area contributed by atoms with Crippen molar-refractivity contribution in [1.82, 2.24) is 9.47 Å². The molecule has 1 saturated carbocycles. The van der Waals surface area contributed by atoms with Crippen LogP contribution in [-0.2, 0) is 27.2 Å². The number of hydrogen-bond acceptors (Lipinski definition) is 7. The summed E-state index contributed by atoms with van der Waals surface area (Å²) >= 11 is 0. The molecule has 2 heterocycles. The van der Waals surface area contributed by atoms with Crippen molar-refractivity contribution in [3.63, 3.8) is 0 Å². The Kier molecular flexibility index (Phi) is 9.77. The highest BCUT2D eigenvalue weighted by molar-refractivity contribution is 7.90. The molecule has 1 saturated heterocycles. The number of alkyl halides is 3. The van der Waals surface area contributed by atoms with E-state index in [2.05, 4.69) is 34.3 Å². The van der Waals surface area contributed by atoms with E-state index in [9.17, 15) is 25.8 Å². The van der Waals surface area contributed by atoms with Crippen molar-refractivity contribution in [2.24, 2.45) is 0 Å². The van der Waals surface area contributed by atoms with Crippen LogP contribution >= 0.6 is 0 Å². The molecule has 2 fully saturated rings. The molecule has 0 unspecified atom stereocenters. The maximum atomic E-state index is 13.7. The van der Waals surface area contributed by atoms with E-state index >= 15 is 0 Å². The zero-order valence-electron chi connectivity index (χ0n) is 25.7. The van der Waals surface area contributed by atoms with Gasteiger partial charge in [-0.05, 0) is 68.9 Å². The number of sulfone groups is 1. The van der Waals surface area contributed by atoms with Gasteiger partial charge in [-0.2, -0.15) is 13.2 Å². The van der Waals surface area contributed by atoms with Gasteiger partial charge in [-0.3, -0.25) is 9.11 Å². The third-order valence-corrected chi connectivity index (χ3v) is 11.2. The largest absolute Gasteiger partial charge is 0.495 e. The van der Waals surface area contributed by atoms with Crippen LogP contribution in [-0.4, -0.2) is 84.4 Å². The Bertz CT molecular complexity index is 1730. The molecule has 0 atom stereocenters. The first-order valence-electron chi connectivity index (χ1n) is 14.9. The summed E-state index contributed by atoms with van der Waals surface area (Å²) in [5.74, 6) is 7.58. The summed E-state index contributed by atoms with van der Waals surface area (Å²) in [5.41, 5.74) is 2.07. The fourth-order valence-corrected chi connectivity index (χ4v) is 7.97. The summed E-state index contributed by atoms with van der Waals surface area (Å²) in [6.07, 6.45) is 0.523. The SMILES string of the molecule is COc1cc(S(C)(=O)=O)ccc1NCC#Cc1cc2c(NC3CCC(C)(N4CCS(=O)CC4)CC3)cccc2n1CC(F)(F)F. The van der Waals surface area contributed by atoms with Crippen molar-refractivity contribution < 1.29 is 30.5 Å². The molecule has 8 nitrogen and oxygen atoms in total. The van der Waals surface area contributed by atoms with Gasteiger partial charge in [0, 0.05) is 70.4 Å². The molecule has 3 aromatic rings. The van der Waals surface area contributed by atoms with Crippen LogP contribution < -0.4 is 15.4 Å². The number of aromatic nitrogens is 1. The third kappa shape index (κ3) is 7.96. The number of hydrogen-bond donors (Lipinski definition) is 2. The van der Waals surface area contributed by atoms with Gasteiger partial charge < -0.3 is 19.9 Å². The molecule has 5 rings (SSSR count). The molecular weight excluding hydrogens is 626 g/mol. The van der Waals surface area contributed by atoms with Crippen LogP contribution in [0, 0.1) is 11.8 Å². The molecule has 45 heavy (non-hydrogen) atoms. The van der Waals surface area contributed by atoms with Crippen LogP contribution in [0.3, 0.4) is 0 Å². The number of nitrogens with zero attached hydrogens (tertiary/aromatic N) is 2. The van der Waals surface area contributed by atoms with E-state index in [0.717, 1.165) is 62.2 Å². The number of rotatable bonds is 8. The standard InChI is InChI=1S/C32H39F3N4O4S2/c1-31(38-16-18-44(40)19-17-38)13-11-23(12-14-31)37-27-7-4-8-29-26(27)20-24(39(29)22-32(33,34)35)6-5-15-36-28-10-9-25(45(3,41)42)21-30(28)43-2/h4,7-10,20-21,23,36-37H,11-19,22H2,1-3H3. The van der Waals surface area contributed by atoms with Crippen LogP contribution in [0.15, 0.2) is 47.4 Å². The summed E-state index contributed by atoms with van der Waals surface area (Å²) in [5, 5.41) is 7.35. The minimum Gasteiger partial charge on any atom is -0.495 e. The molecule has 2 aliphatic rings. The van der Waals surface area contributed by atoms with Gasteiger partial charge in [-0.15, -0.1) is 0 Å². The number of ether oxygens (including phenoxy) is 1. The summed E-state index contributed by atoms with van der Waals surface area (Å²) < 4.78 is 83.1. The molecule has 0 spiro atoms. The summed E-state index contributed by atoms with van der Waals surface area (Å²) in [4.78, 5) is 2.59. The first-order chi connectivity index (χ1) is 21.3. The smallest absolute Gasteiger partial charge is 0.406 e. The van der Waals surface area contributed by atoms with E-state index < -0.39 is 33.4 Å². The Morgan fingerprint density at radius 3 is 2.44 bits per heavy atom. The molecule has 0 amide bonds. The molecular formula is C32H39F3N4O4S2. The normalized spacial score (nSPS) is 21.7. The second kappa shape index (κ2) is 13.3. The van der Waals surface area contributed by atoms with Crippen molar-refractivity contribution in [3.8, 4) is 17.6 Å². The predicted octanol–water partition coefficient (Wildman–Crippen LogP) is 5.26. The highest BCUT2D eigenvalue weighted by atomic mass is 32.2. The average Bonchev–Trinajstić information content (AvgIpc) is 3.33. The van der Waals surface area contributed by atoms with Crippen LogP contribution in [0.2, 0.25) is 0 Å². The van der Waals surface area contributed by atoms with Crippen molar-refractivity contribution >= 4 is 42.9 Å². The number of methoxy groups -OCH3 is 1. The number of halogens is 3. The van der Waals surface area contributed by atoms with E-state index in [1.807, 2.05) is 6.07 Å². The van der Waals surface area contributed by atoms with Gasteiger partial charge in [0.2, 0.25) is 0 Å². The quantitative estimate of drug-likeness (QED) is 0.318. The zero-order valence-corrected chi connectivity index (χ0v) is 27.3. The highest BCUT2D eigenvalue weighted by Gasteiger charge is 2.37. The molecule has 1 aliphatic carbocycles. The minimum absolute atomic E-state index is 0.0708. The van der Waals surface area contributed by atoms with Gasteiger partial charge in [-0.1, -0.05) is 12.0 Å². The predicted molar refractivity (Wildman–Crippen MR) is 173 cm³/mol. The first kappa shape index (κ1) is 33.2. The van der Waals surface area contributed by atoms with Crippen LogP contribution in [0.1, 0.15) is 38.3 Å². The molecule has 2 N–H and O–H groups in total. The zero-order chi connectivity index (χ0) is 32.4. The van der Waals surface area contributed by atoms with Crippen LogP contribution in [0.4, 0.5) is 24.5 Å². The van der Waals surface area contributed by atoms with Gasteiger partial charge in [0.05, 0.1) is 35.4 Å². The number of fused-ring (bicyclic) bond motifs is 1.